The molecule has 0 spiro atoms. The first-order chi connectivity index (χ1) is 20.8. The lowest BCUT2D eigenvalue weighted by Gasteiger charge is -2.27. The highest BCUT2D eigenvalue weighted by Crippen LogP contribution is 2.32. The van der Waals surface area contributed by atoms with E-state index in [1.807, 2.05) is 0 Å². The molecule has 0 heterocycles. The summed E-state index contributed by atoms with van der Waals surface area (Å²) in [5, 5.41) is 0. The van der Waals surface area contributed by atoms with Crippen molar-refractivity contribution in [2.45, 2.75) is 212 Å². The smallest absolute Gasteiger partial charge is 0.000556 e. The molecular formula is C41H78ClN. The standard InChI is InChI=1S/C41H77N.ClH/c1-3-5-7-9-11-13-15-17-19-21-23-25-27-30-34-39(41(38-42)40-36-32-29-33-37-40)35-31-28-26-24-22-20-18-16-14-12-10-8-6-4-2;/h29,32-33,36-37,39,41H,3-28,30-31,34-35,38,42H2,1-2H3;1H. The van der Waals surface area contributed by atoms with Crippen molar-refractivity contribution < 1.29 is 0 Å². The largest absolute Gasteiger partial charge is 0.330 e. The highest BCUT2D eigenvalue weighted by molar-refractivity contribution is 5.85. The molecule has 43 heavy (non-hydrogen) atoms. The van der Waals surface area contributed by atoms with E-state index in [9.17, 15) is 0 Å². The highest BCUT2D eigenvalue weighted by Gasteiger charge is 2.21. The molecule has 1 atom stereocenters. The van der Waals surface area contributed by atoms with Gasteiger partial charge in [0.15, 0.2) is 0 Å². The van der Waals surface area contributed by atoms with Gasteiger partial charge in [0.2, 0.25) is 0 Å². The monoisotopic (exact) mass is 620 g/mol. The van der Waals surface area contributed by atoms with Crippen LogP contribution in [0.3, 0.4) is 0 Å². The van der Waals surface area contributed by atoms with Crippen LogP contribution in [0.4, 0.5) is 0 Å². The Bertz CT molecular complexity index is 600. The molecule has 0 aliphatic rings. The Labute approximate surface area is 278 Å². The van der Waals surface area contributed by atoms with Gasteiger partial charge in [-0.1, -0.05) is 224 Å². The molecule has 0 fully saturated rings. The minimum absolute atomic E-state index is 0. The molecule has 0 radical (unpaired) electrons. The predicted molar refractivity (Wildman–Crippen MR) is 199 cm³/mol. The van der Waals surface area contributed by atoms with E-state index in [1.165, 1.54) is 198 Å². The first-order valence-electron chi connectivity index (χ1n) is 19.6. The lowest BCUT2D eigenvalue weighted by Crippen LogP contribution is -2.22. The second kappa shape index (κ2) is 34.3. The van der Waals surface area contributed by atoms with E-state index < -0.39 is 0 Å². The van der Waals surface area contributed by atoms with Gasteiger partial charge >= 0.3 is 0 Å². The van der Waals surface area contributed by atoms with Crippen LogP contribution in [0.25, 0.3) is 0 Å². The number of hydrogen-bond acceptors (Lipinski definition) is 1. The van der Waals surface area contributed by atoms with Crippen molar-refractivity contribution >= 4 is 12.4 Å². The molecule has 0 aromatic heterocycles. The normalized spacial score (nSPS) is 12.1. The number of benzene rings is 1. The van der Waals surface area contributed by atoms with Crippen molar-refractivity contribution in [3.05, 3.63) is 35.9 Å². The molecular weight excluding hydrogens is 542 g/mol. The fourth-order valence-corrected chi connectivity index (χ4v) is 7.05. The van der Waals surface area contributed by atoms with Gasteiger partial charge in [-0.3, -0.25) is 0 Å². The molecule has 1 aromatic carbocycles. The maximum Gasteiger partial charge on any atom is -0.000556 e. The van der Waals surface area contributed by atoms with Crippen molar-refractivity contribution in [1.29, 1.82) is 0 Å². The quantitative estimate of drug-likeness (QED) is 0.0778. The molecule has 1 rings (SSSR count). The van der Waals surface area contributed by atoms with Crippen molar-refractivity contribution in [3.8, 4) is 0 Å². The maximum atomic E-state index is 6.41. The van der Waals surface area contributed by atoms with E-state index in [2.05, 4.69) is 44.2 Å². The van der Waals surface area contributed by atoms with E-state index in [1.54, 1.807) is 0 Å². The molecule has 254 valence electrons. The minimum Gasteiger partial charge on any atom is -0.330 e. The lowest BCUT2D eigenvalue weighted by molar-refractivity contribution is 0.344. The third-order valence-corrected chi connectivity index (χ3v) is 9.91. The zero-order chi connectivity index (χ0) is 30.2. The number of rotatable bonds is 33. The van der Waals surface area contributed by atoms with Gasteiger partial charge in [0.1, 0.15) is 0 Å². The van der Waals surface area contributed by atoms with Gasteiger partial charge in [-0.2, -0.15) is 0 Å². The molecule has 0 saturated carbocycles. The molecule has 2 heteroatoms. The van der Waals surface area contributed by atoms with E-state index >= 15 is 0 Å². The van der Waals surface area contributed by atoms with Crippen molar-refractivity contribution in [2.75, 3.05) is 6.54 Å². The highest BCUT2D eigenvalue weighted by atomic mass is 35.5. The van der Waals surface area contributed by atoms with Crippen LogP contribution in [0.1, 0.15) is 218 Å². The zero-order valence-electron chi connectivity index (χ0n) is 29.4. The Kier molecular flexibility index (Phi) is 33.9. The SMILES string of the molecule is CCCCCCCCCCCCCCCCC(CCCCCCCCCCCCCCCC)C(CN)c1ccccc1.Cl. The number of unbranched alkanes of at least 4 members (excludes halogenated alkanes) is 26. The molecule has 0 aliphatic heterocycles. The van der Waals surface area contributed by atoms with Gasteiger partial charge in [-0.15, -0.1) is 12.4 Å². The fraction of sp³-hybridized carbons (Fsp3) is 0.854. The Morgan fingerprint density at radius 1 is 0.419 bits per heavy atom. The van der Waals surface area contributed by atoms with Crippen LogP contribution in [-0.4, -0.2) is 6.54 Å². The summed E-state index contributed by atoms with van der Waals surface area (Å²) in [5.74, 6) is 1.29. The summed E-state index contributed by atoms with van der Waals surface area (Å²) >= 11 is 0. The van der Waals surface area contributed by atoms with Gasteiger partial charge in [0, 0.05) is 0 Å². The Hall–Kier alpha value is -0.530. The third kappa shape index (κ3) is 26.4. The first-order valence-corrected chi connectivity index (χ1v) is 19.6. The molecule has 2 N–H and O–H groups in total. The van der Waals surface area contributed by atoms with Gasteiger partial charge < -0.3 is 5.73 Å². The minimum atomic E-state index is 0. The van der Waals surface area contributed by atoms with Crippen LogP contribution in [0.2, 0.25) is 0 Å². The van der Waals surface area contributed by atoms with Gasteiger partial charge in [-0.25, -0.2) is 0 Å². The Balaban J connectivity index is 0.0000176. The van der Waals surface area contributed by atoms with E-state index in [0.717, 1.165) is 12.5 Å². The number of hydrogen-bond donors (Lipinski definition) is 1. The molecule has 1 unspecified atom stereocenters. The summed E-state index contributed by atoms with van der Waals surface area (Å²) < 4.78 is 0. The lowest BCUT2D eigenvalue weighted by atomic mass is 9.79. The average Bonchev–Trinajstić information content (AvgIpc) is 3.01. The maximum absolute atomic E-state index is 6.41. The Morgan fingerprint density at radius 2 is 0.698 bits per heavy atom. The number of halogens is 1. The fourth-order valence-electron chi connectivity index (χ4n) is 7.05. The first kappa shape index (κ1) is 42.5. The third-order valence-electron chi connectivity index (χ3n) is 9.91. The van der Waals surface area contributed by atoms with Crippen molar-refractivity contribution in [1.82, 2.24) is 0 Å². The second-order valence-electron chi connectivity index (χ2n) is 13.8. The van der Waals surface area contributed by atoms with Crippen molar-refractivity contribution in [3.63, 3.8) is 0 Å². The topological polar surface area (TPSA) is 26.0 Å². The van der Waals surface area contributed by atoms with Gasteiger partial charge in [-0.05, 0) is 36.8 Å². The van der Waals surface area contributed by atoms with Gasteiger partial charge in [0.05, 0.1) is 0 Å². The van der Waals surface area contributed by atoms with Crippen LogP contribution < -0.4 is 5.73 Å². The summed E-state index contributed by atoms with van der Waals surface area (Å²) in [5.41, 5.74) is 7.88. The second-order valence-corrected chi connectivity index (χ2v) is 13.8. The molecule has 1 nitrogen and oxygen atoms in total. The van der Waals surface area contributed by atoms with Crippen LogP contribution in [0.5, 0.6) is 0 Å². The summed E-state index contributed by atoms with van der Waals surface area (Å²) in [6.45, 7) is 5.41. The molecule has 0 aliphatic carbocycles. The van der Waals surface area contributed by atoms with E-state index in [0.29, 0.717) is 5.92 Å². The van der Waals surface area contributed by atoms with Crippen molar-refractivity contribution in [2.24, 2.45) is 11.7 Å². The number of nitrogens with two attached hydrogens (primary N) is 1. The molecule has 0 saturated heterocycles. The summed E-state index contributed by atoms with van der Waals surface area (Å²) in [7, 11) is 0. The van der Waals surface area contributed by atoms with Crippen LogP contribution in [0, 0.1) is 5.92 Å². The zero-order valence-corrected chi connectivity index (χ0v) is 30.3. The molecule has 0 bridgehead atoms. The van der Waals surface area contributed by atoms with Crippen LogP contribution in [-0.2, 0) is 0 Å². The van der Waals surface area contributed by atoms with Crippen LogP contribution in [0.15, 0.2) is 30.3 Å². The summed E-state index contributed by atoms with van der Waals surface area (Å²) in [6.07, 6.45) is 43.1. The summed E-state index contributed by atoms with van der Waals surface area (Å²) in [4.78, 5) is 0. The van der Waals surface area contributed by atoms with Gasteiger partial charge in [0.25, 0.3) is 0 Å². The van der Waals surface area contributed by atoms with Crippen LogP contribution >= 0.6 is 12.4 Å². The molecule has 1 aromatic rings. The average molecular weight is 621 g/mol. The Morgan fingerprint density at radius 3 is 0.977 bits per heavy atom. The molecule has 0 amide bonds. The van der Waals surface area contributed by atoms with E-state index in [-0.39, 0.29) is 12.4 Å². The summed E-state index contributed by atoms with van der Waals surface area (Å²) in [6, 6.07) is 11.2. The van der Waals surface area contributed by atoms with E-state index in [4.69, 9.17) is 5.73 Å². The predicted octanol–water partition coefficient (Wildman–Crippen LogP) is 14.5.